The molecule has 1 aliphatic heterocycles. The fourth-order valence-corrected chi connectivity index (χ4v) is 4.73. The molecule has 0 radical (unpaired) electrons. The molecular weight excluding hydrogens is 272 g/mol. The maximum absolute atomic E-state index is 12.3. The van der Waals surface area contributed by atoms with E-state index in [-0.39, 0.29) is 18.4 Å². The molecule has 1 saturated heterocycles. The van der Waals surface area contributed by atoms with Gasteiger partial charge in [0.05, 0.1) is 5.75 Å². The second kappa shape index (κ2) is 6.55. The predicted octanol–water partition coefficient (Wildman–Crippen LogP) is 1.60. The first-order valence-corrected chi connectivity index (χ1v) is 8.35. The molecule has 1 heterocycles. The van der Waals surface area contributed by atoms with Crippen LogP contribution in [0.1, 0.15) is 39.0 Å². The van der Waals surface area contributed by atoms with Crippen molar-refractivity contribution in [1.29, 1.82) is 0 Å². The first kappa shape index (κ1) is 16.2. The highest BCUT2D eigenvalue weighted by Gasteiger charge is 2.36. The van der Waals surface area contributed by atoms with E-state index in [0.717, 1.165) is 19.3 Å². The number of nitrogens with two attached hydrogens (primary N) is 1. The van der Waals surface area contributed by atoms with Gasteiger partial charge in [-0.2, -0.15) is 4.31 Å². The van der Waals surface area contributed by atoms with E-state index in [9.17, 15) is 8.42 Å². The molecule has 1 saturated carbocycles. The van der Waals surface area contributed by atoms with Gasteiger partial charge in [-0.15, -0.1) is 12.4 Å². The van der Waals surface area contributed by atoms with Crippen molar-refractivity contribution < 1.29 is 8.42 Å². The molecule has 0 aromatic carbocycles. The summed E-state index contributed by atoms with van der Waals surface area (Å²) >= 11 is 0. The number of hydrogen-bond donors (Lipinski definition) is 1. The molecule has 2 N–H and O–H groups in total. The molecule has 4 nitrogen and oxygen atoms in total. The zero-order valence-corrected chi connectivity index (χ0v) is 12.7. The van der Waals surface area contributed by atoms with Gasteiger partial charge in [0, 0.05) is 19.1 Å². The molecule has 2 rings (SSSR count). The first-order chi connectivity index (χ1) is 8.04. The normalized spacial score (nSPS) is 29.9. The lowest BCUT2D eigenvalue weighted by atomic mass is 9.93. The molecule has 1 aliphatic carbocycles. The average Bonchev–Trinajstić information content (AvgIpc) is 3.10. The lowest BCUT2D eigenvalue weighted by Gasteiger charge is -2.38. The van der Waals surface area contributed by atoms with Gasteiger partial charge >= 0.3 is 0 Å². The van der Waals surface area contributed by atoms with Crippen molar-refractivity contribution in [2.24, 2.45) is 17.6 Å². The third kappa shape index (κ3) is 3.83. The van der Waals surface area contributed by atoms with Crippen molar-refractivity contribution >= 4 is 22.4 Å². The van der Waals surface area contributed by atoms with E-state index >= 15 is 0 Å². The molecule has 108 valence electrons. The summed E-state index contributed by atoms with van der Waals surface area (Å²) in [7, 11) is -3.08. The Bertz CT molecular complexity index is 357. The summed E-state index contributed by atoms with van der Waals surface area (Å²) in [5.74, 6) is 1.38. The Hall–Kier alpha value is 0.160. The van der Waals surface area contributed by atoms with Crippen molar-refractivity contribution in [3.05, 3.63) is 0 Å². The number of sulfonamides is 1. The van der Waals surface area contributed by atoms with Crippen LogP contribution in [0.4, 0.5) is 0 Å². The largest absolute Gasteiger partial charge is 0.329 e. The zero-order chi connectivity index (χ0) is 12.5. The molecule has 2 aliphatic rings. The number of nitrogens with zero attached hydrogens (tertiary/aromatic N) is 1. The second-order valence-corrected chi connectivity index (χ2v) is 7.62. The SMILES string of the molecule is CC1CCCN(S(=O)(=O)CCC2CC2)C1CN.Cl. The van der Waals surface area contributed by atoms with Crippen LogP contribution in [-0.2, 0) is 10.0 Å². The summed E-state index contributed by atoms with van der Waals surface area (Å²) in [6, 6.07) is 0.0213. The molecular formula is C12H25ClN2O2S. The van der Waals surface area contributed by atoms with Crippen molar-refractivity contribution in [3.8, 4) is 0 Å². The fourth-order valence-electron chi connectivity index (χ4n) is 2.75. The van der Waals surface area contributed by atoms with E-state index in [0.29, 0.717) is 30.7 Å². The average molecular weight is 297 g/mol. The van der Waals surface area contributed by atoms with E-state index in [1.807, 2.05) is 0 Å². The Balaban J connectivity index is 0.00000162. The summed E-state index contributed by atoms with van der Waals surface area (Å²) < 4.78 is 26.3. The van der Waals surface area contributed by atoms with Gasteiger partial charge in [-0.1, -0.05) is 19.8 Å². The number of halogens is 1. The molecule has 2 atom stereocenters. The maximum atomic E-state index is 12.3. The van der Waals surface area contributed by atoms with Crippen LogP contribution >= 0.6 is 12.4 Å². The topological polar surface area (TPSA) is 63.4 Å². The van der Waals surface area contributed by atoms with Crippen LogP contribution < -0.4 is 5.73 Å². The quantitative estimate of drug-likeness (QED) is 0.838. The van der Waals surface area contributed by atoms with Gasteiger partial charge in [0.2, 0.25) is 10.0 Å². The van der Waals surface area contributed by atoms with Crippen molar-refractivity contribution in [3.63, 3.8) is 0 Å². The van der Waals surface area contributed by atoms with E-state index in [1.165, 1.54) is 12.8 Å². The number of rotatable bonds is 5. The third-order valence-electron chi connectivity index (χ3n) is 4.14. The van der Waals surface area contributed by atoms with Gasteiger partial charge in [-0.25, -0.2) is 8.42 Å². The highest BCUT2D eigenvalue weighted by Crippen LogP contribution is 2.34. The minimum absolute atomic E-state index is 0. The monoisotopic (exact) mass is 296 g/mol. The van der Waals surface area contributed by atoms with Crippen LogP contribution in [0.5, 0.6) is 0 Å². The van der Waals surface area contributed by atoms with Crippen molar-refractivity contribution in [1.82, 2.24) is 4.31 Å². The third-order valence-corrected chi connectivity index (χ3v) is 6.06. The minimum atomic E-state index is -3.08. The lowest BCUT2D eigenvalue weighted by molar-refractivity contribution is 0.192. The summed E-state index contributed by atoms with van der Waals surface area (Å²) in [5.41, 5.74) is 5.74. The van der Waals surface area contributed by atoms with E-state index in [4.69, 9.17) is 5.73 Å². The Morgan fingerprint density at radius 1 is 1.28 bits per heavy atom. The van der Waals surface area contributed by atoms with E-state index in [1.54, 1.807) is 4.31 Å². The van der Waals surface area contributed by atoms with Gasteiger partial charge in [0.1, 0.15) is 0 Å². The molecule has 0 spiro atoms. The van der Waals surface area contributed by atoms with E-state index in [2.05, 4.69) is 6.92 Å². The van der Waals surface area contributed by atoms with Crippen molar-refractivity contribution in [2.45, 2.75) is 45.1 Å². The number of hydrogen-bond acceptors (Lipinski definition) is 3. The van der Waals surface area contributed by atoms with Gasteiger partial charge < -0.3 is 5.73 Å². The maximum Gasteiger partial charge on any atom is 0.214 e. The Labute approximate surface area is 117 Å². The predicted molar refractivity (Wildman–Crippen MR) is 76.3 cm³/mol. The molecule has 18 heavy (non-hydrogen) atoms. The summed E-state index contributed by atoms with van der Waals surface area (Å²) in [4.78, 5) is 0. The molecule has 2 unspecified atom stereocenters. The highest BCUT2D eigenvalue weighted by molar-refractivity contribution is 7.89. The molecule has 0 aromatic rings. The van der Waals surface area contributed by atoms with Crippen LogP contribution in [0.3, 0.4) is 0 Å². The second-order valence-electron chi connectivity index (χ2n) is 5.58. The zero-order valence-electron chi connectivity index (χ0n) is 11.0. The molecule has 0 amide bonds. The Morgan fingerprint density at radius 2 is 1.94 bits per heavy atom. The summed E-state index contributed by atoms with van der Waals surface area (Å²) in [6.45, 7) is 3.23. The summed E-state index contributed by atoms with van der Waals surface area (Å²) in [5, 5.41) is 0. The van der Waals surface area contributed by atoms with Crippen LogP contribution in [0.2, 0.25) is 0 Å². The van der Waals surface area contributed by atoms with Crippen LogP contribution in [0, 0.1) is 11.8 Å². The van der Waals surface area contributed by atoms with Gasteiger partial charge in [0.15, 0.2) is 0 Å². The van der Waals surface area contributed by atoms with E-state index < -0.39 is 10.0 Å². The molecule has 0 aromatic heterocycles. The lowest BCUT2D eigenvalue weighted by Crippen LogP contribution is -2.51. The molecule has 6 heteroatoms. The summed E-state index contributed by atoms with van der Waals surface area (Å²) in [6.07, 6.45) is 5.33. The Kier molecular flexibility index (Phi) is 5.90. The number of piperidine rings is 1. The standard InChI is InChI=1S/C12H24N2O2S.ClH/c1-10-3-2-7-14(12(10)9-13)17(15,16)8-6-11-4-5-11;/h10-12H,2-9,13H2,1H3;1H. The minimum Gasteiger partial charge on any atom is -0.329 e. The van der Waals surface area contributed by atoms with Gasteiger partial charge in [0.25, 0.3) is 0 Å². The van der Waals surface area contributed by atoms with Gasteiger partial charge in [-0.05, 0) is 31.1 Å². The highest BCUT2D eigenvalue weighted by atomic mass is 35.5. The Morgan fingerprint density at radius 3 is 2.50 bits per heavy atom. The first-order valence-electron chi connectivity index (χ1n) is 6.74. The van der Waals surface area contributed by atoms with Crippen LogP contribution in [-0.4, -0.2) is 37.6 Å². The fraction of sp³-hybridized carbons (Fsp3) is 1.00. The van der Waals surface area contributed by atoms with Crippen molar-refractivity contribution in [2.75, 3.05) is 18.8 Å². The molecule has 0 bridgehead atoms. The van der Waals surface area contributed by atoms with Crippen LogP contribution in [0.15, 0.2) is 0 Å². The van der Waals surface area contributed by atoms with Gasteiger partial charge in [-0.3, -0.25) is 0 Å². The van der Waals surface area contributed by atoms with Crippen LogP contribution in [0.25, 0.3) is 0 Å². The smallest absolute Gasteiger partial charge is 0.214 e. The molecule has 2 fully saturated rings.